The molecule has 0 aliphatic heterocycles. The van der Waals surface area contributed by atoms with Crippen LogP contribution in [0.5, 0.6) is 0 Å². The number of fused-ring (bicyclic) bond motifs is 1. The van der Waals surface area contributed by atoms with Crippen molar-refractivity contribution < 1.29 is 14.9 Å². The summed E-state index contributed by atoms with van der Waals surface area (Å²) >= 11 is 3.97. The first kappa shape index (κ1) is 14.6. The van der Waals surface area contributed by atoms with Crippen LogP contribution in [0.4, 0.5) is 0 Å². The van der Waals surface area contributed by atoms with E-state index in [0.717, 1.165) is 15.9 Å². The quantitative estimate of drug-likeness (QED) is 0.316. The highest BCUT2D eigenvalue weighted by molar-refractivity contribution is 7.81. The molecular formula is C12H17N3O2S. The topological polar surface area (TPSA) is 86.4 Å². The molecule has 1 aromatic carbocycles. The van der Waals surface area contributed by atoms with Crippen LogP contribution >= 0.6 is 12.6 Å². The van der Waals surface area contributed by atoms with Crippen molar-refractivity contribution in [2.45, 2.75) is 5.25 Å². The lowest BCUT2D eigenvalue weighted by atomic mass is 10.1. The van der Waals surface area contributed by atoms with Gasteiger partial charge in [0.15, 0.2) is 0 Å². The summed E-state index contributed by atoms with van der Waals surface area (Å²) in [6, 6.07) is 7.48. The normalized spacial score (nSPS) is 12.1. The number of nitrogens with two attached hydrogens (primary N) is 1. The number of carboxylic acid groups (broad SMARTS) is 1. The molecule has 0 saturated heterocycles. The zero-order valence-corrected chi connectivity index (χ0v) is 11.2. The highest BCUT2D eigenvalue weighted by Gasteiger charge is 2.11. The van der Waals surface area contributed by atoms with Crippen molar-refractivity contribution in [2.24, 2.45) is 5.84 Å². The molecular weight excluding hydrogens is 250 g/mol. The van der Waals surface area contributed by atoms with Gasteiger partial charge in [0.1, 0.15) is 0 Å². The zero-order chi connectivity index (χ0) is 13.7. The third kappa shape index (κ3) is 3.76. The molecule has 6 heteroatoms. The van der Waals surface area contributed by atoms with Crippen molar-refractivity contribution >= 4 is 29.5 Å². The van der Waals surface area contributed by atoms with E-state index in [1.165, 1.54) is 0 Å². The van der Waals surface area contributed by atoms with Crippen LogP contribution in [-0.2, 0) is 4.79 Å². The second kappa shape index (κ2) is 6.44. The summed E-state index contributed by atoms with van der Waals surface area (Å²) in [5, 5.41) is 11.5. The fraction of sp³-hybridized carbons (Fsp3) is 0.250. The van der Waals surface area contributed by atoms with Crippen molar-refractivity contribution in [3.8, 4) is 0 Å². The van der Waals surface area contributed by atoms with Gasteiger partial charge in [-0.1, -0.05) is 18.2 Å². The highest BCUT2D eigenvalue weighted by atomic mass is 32.1. The Morgan fingerprint density at radius 3 is 2.56 bits per heavy atom. The van der Waals surface area contributed by atoms with E-state index < -0.39 is 11.2 Å². The van der Waals surface area contributed by atoms with Crippen molar-refractivity contribution in [2.75, 3.05) is 14.1 Å². The number of H-pyrrole nitrogens is 1. The van der Waals surface area contributed by atoms with Crippen LogP contribution in [0.3, 0.4) is 0 Å². The van der Waals surface area contributed by atoms with Gasteiger partial charge in [0, 0.05) is 17.1 Å². The molecule has 1 atom stereocenters. The van der Waals surface area contributed by atoms with Crippen LogP contribution in [0.15, 0.2) is 30.5 Å². The standard InChI is InChI=1S/C10H9NO2S.C2H8N2/c12-10(13)9(14)7-5-11-8-4-2-1-3-6(7)8;1-4(2)3/h1-5,9,11,14H,(H,12,13);3H2,1-2H3. The monoisotopic (exact) mass is 267 g/mol. The molecule has 0 amide bonds. The molecule has 5 nitrogen and oxygen atoms in total. The van der Waals surface area contributed by atoms with E-state index in [1.54, 1.807) is 6.20 Å². The van der Waals surface area contributed by atoms with Gasteiger partial charge in [0.05, 0.1) is 25.3 Å². The maximum absolute atomic E-state index is 10.6. The van der Waals surface area contributed by atoms with Crippen LogP contribution in [0, 0.1) is 0 Å². The van der Waals surface area contributed by atoms with Crippen LogP contribution in [0.25, 0.3) is 10.9 Å². The van der Waals surface area contributed by atoms with Gasteiger partial charge in [-0.15, -0.1) is 0 Å². The number of carbonyl (C=O) groups excluding carboxylic acids is 1. The molecule has 1 aromatic heterocycles. The lowest BCUT2D eigenvalue weighted by Crippen LogP contribution is -3.11. The molecule has 4 N–H and O–H groups in total. The van der Waals surface area contributed by atoms with Crippen LogP contribution in [-0.4, -0.2) is 25.0 Å². The van der Waals surface area contributed by atoms with Crippen molar-refractivity contribution in [3.05, 3.63) is 36.0 Å². The van der Waals surface area contributed by atoms with Crippen LogP contribution in [0.1, 0.15) is 10.8 Å². The van der Waals surface area contributed by atoms with E-state index in [1.807, 2.05) is 38.4 Å². The van der Waals surface area contributed by atoms with Crippen molar-refractivity contribution in [1.82, 2.24) is 4.98 Å². The Labute approximate surface area is 111 Å². The summed E-state index contributed by atoms with van der Waals surface area (Å²) in [6.45, 7) is 0. The first-order valence-corrected chi connectivity index (χ1v) is 5.95. The van der Waals surface area contributed by atoms with Gasteiger partial charge in [-0.3, -0.25) is 5.01 Å². The van der Waals surface area contributed by atoms with Gasteiger partial charge in [-0.2, -0.15) is 18.5 Å². The molecule has 18 heavy (non-hydrogen) atoms. The molecule has 0 bridgehead atoms. The average molecular weight is 267 g/mol. The minimum absolute atomic E-state index is 0.643. The number of carboxylic acids is 1. The van der Waals surface area contributed by atoms with Crippen molar-refractivity contribution in [3.63, 3.8) is 0 Å². The Bertz CT molecular complexity index is 522. The summed E-state index contributed by atoms with van der Waals surface area (Å²) in [7, 11) is 3.72. The Morgan fingerprint density at radius 2 is 2.00 bits per heavy atom. The molecule has 98 valence electrons. The number of rotatable bonds is 2. The molecule has 0 aliphatic carbocycles. The predicted molar refractivity (Wildman–Crippen MR) is 72.0 cm³/mol. The molecule has 2 aromatic rings. The first-order chi connectivity index (χ1) is 8.43. The highest BCUT2D eigenvalue weighted by Crippen LogP contribution is 2.27. The maximum atomic E-state index is 10.6. The SMILES string of the molecule is C[NH+](C)N.O=C([O-])C(S)c1c[nH]c2ccccc12. The third-order valence-electron chi connectivity index (χ3n) is 2.14. The zero-order valence-electron chi connectivity index (χ0n) is 10.3. The smallest absolute Gasteiger partial charge is 0.0837 e. The Kier molecular flexibility index (Phi) is 5.21. The van der Waals surface area contributed by atoms with Gasteiger partial charge < -0.3 is 14.9 Å². The van der Waals surface area contributed by atoms with Crippen molar-refractivity contribution in [1.29, 1.82) is 0 Å². The third-order valence-corrected chi connectivity index (χ3v) is 2.63. The number of para-hydroxylation sites is 1. The minimum Gasteiger partial charge on any atom is -0.549 e. The summed E-state index contributed by atoms with van der Waals surface area (Å²) in [6.07, 6.45) is 1.65. The van der Waals surface area contributed by atoms with Gasteiger partial charge in [-0.25, -0.2) is 0 Å². The Morgan fingerprint density at radius 1 is 1.44 bits per heavy atom. The summed E-state index contributed by atoms with van der Waals surface area (Å²) in [5.41, 5.74) is 1.55. The number of hydrogen-bond acceptors (Lipinski definition) is 4. The molecule has 0 fully saturated rings. The van der Waals surface area contributed by atoms with E-state index in [2.05, 4.69) is 17.6 Å². The number of nitrogens with one attached hydrogen (secondary N) is 2. The average Bonchev–Trinajstić information content (AvgIpc) is 2.70. The van der Waals surface area contributed by atoms with Gasteiger partial charge in [0.25, 0.3) is 0 Å². The fourth-order valence-corrected chi connectivity index (χ4v) is 1.66. The molecule has 1 unspecified atom stereocenters. The summed E-state index contributed by atoms with van der Waals surface area (Å²) in [4.78, 5) is 13.6. The van der Waals surface area contributed by atoms with Crippen LogP contribution < -0.4 is 16.0 Å². The van der Waals surface area contributed by atoms with E-state index in [-0.39, 0.29) is 0 Å². The number of quaternary nitrogens is 1. The van der Waals surface area contributed by atoms with E-state index in [0.29, 0.717) is 5.56 Å². The number of thiol groups is 1. The van der Waals surface area contributed by atoms with Gasteiger partial charge >= 0.3 is 0 Å². The molecule has 0 radical (unpaired) electrons. The van der Waals surface area contributed by atoms with Gasteiger partial charge in [-0.05, 0) is 11.6 Å². The lowest BCUT2D eigenvalue weighted by Gasteiger charge is -2.09. The Balaban J connectivity index is 0.000000357. The second-order valence-corrected chi connectivity index (χ2v) is 4.60. The van der Waals surface area contributed by atoms with E-state index >= 15 is 0 Å². The number of benzene rings is 1. The molecule has 0 spiro atoms. The fourth-order valence-electron chi connectivity index (χ4n) is 1.45. The minimum atomic E-state index is -1.18. The van der Waals surface area contributed by atoms with E-state index in [4.69, 9.17) is 5.84 Å². The molecule has 0 saturated carbocycles. The number of carbonyl (C=O) groups is 1. The predicted octanol–water partition coefficient (Wildman–Crippen LogP) is -1.11. The maximum Gasteiger partial charge on any atom is 0.0837 e. The Hall–Kier alpha value is -1.50. The summed E-state index contributed by atoms with van der Waals surface area (Å²) < 4.78 is 0. The number of aromatic nitrogens is 1. The van der Waals surface area contributed by atoms with Gasteiger partial charge in [0.2, 0.25) is 0 Å². The largest absolute Gasteiger partial charge is 0.549 e. The summed E-state index contributed by atoms with van der Waals surface area (Å²) in [5.74, 6) is 3.85. The first-order valence-electron chi connectivity index (χ1n) is 5.44. The molecule has 0 aliphatic rings. The number of aromatic amines is 1. The van der Waals surface area contributed by atoms with Crippen LogP contribution in [0.2, 0.25) is 0 Å². The number of aliphatic carboxylic acids is 1. The van der Waals surface area contributed by atoms with E-state index in [9.17, 15) is 9.90 Å². The lowest BCUT2D eigenvalue weighted by molar-refractivity contribution is -0.871. The molecule has 2 rings (SSSR count). The number of hydrogen-bond donors (Lipinski definition) is 4. The molecule has 1 heterocycles. The second-order valence-electron chi connectivity index (χ2n) is 4.09.